The van der Waals surface area contributed by atoms with E-state index in [1.165, 1.54) is 18.2 Å². The second-order valence-electron chi connectivity index (χ2n) is 3.09. The van der Waals surface area contributed by atoms with Gasteiger partial charge in [-0.15, -0.1) is 6.54 Å². The van der Waals surface area contributed by atoms with Gasteiger partial charge in [0, 0.05) is 12.5 Å². The second kappa shape index (κ2) is 3.74. The summed E-state index contributed by atoms with van der Waals surface area (Å²) in [7, 11) is 0. The van der Waals surface area contributed by atoms with Crippen LogP contribution in [-0.2, 0) is 0 Å². The van der Waals surface area contributed by atoms with Gasteiger partial charge in [0.25, 0.3) is 5.69 Å². The Morgan fingerprint density at radius 3 is 2.80 bits per heavy atom. The lowest BCUT2D eigenvalue weighted by Gasteiger charge is -2.10. The predicted molar refractivity (Wildman–Crippen MR) is 51.9 cm³/mol. The van der Waals surface area contributed by atoms with Gasteiger partial charge in [-0.25, -0.2) is 0 Å². The van der Waals surface area contributed by atoms with E-state index >= 15 is 0 Å². The number of rotatable bonds is 3. The first-order chi connectivity index (χ1) is 7.20. The topological polar surface area (TPSA) is 85.4 Å². The van der Waals surface area contributed by atoms with E-state index in [0.29, 0.717) is 17.9 Å². The van der Waals surface area contributed by atoms with E-state index in [-0.39, 0.29) is 12.2 Å². The summed E-state index contributed by atoms with van der Waals surface area (Å²) in [6.45, 7) is 0.195. The fourth-order valence-electron chi connectivity index (χ4n) is 1.34. The highest BCUT2D eigenvalue weighted by atomic mass is 16.7. The van der Waals surface area contributed by atoms with Gasteiger partial charge in [-0.3, -0.25) is 10.1 Å². The van der Waals surface area contributed by atoms with Crippen molar-refractivity contribution in [2.24, 2.45) is 0 Å². The quantitative estimate of drug-likeness (QED) is 0.563. The summed E-state index contributed by atoms with van der Waals surface area (Å²) in [5.74, 6) is 0.877. The maximum Gasteiger partial charge on any atom is 0.273 e. The minimum absolute atomic E-state index is 0.0242. The van der Waals surface area contributed by atoms with Gasteiger partial charge in [0.2, 0.25) is 6.29 Å². The maximum atomic E-state index is 10.5. The molecule has 2 rings (SSSR count). The summed E-state index contributed by atoms with van der Waals surface area (Å²) in [5.41, 5.74) is 6.99. The molecule has 1 atom stereocenters. The summed E-state index contributed by atoms with van der Waals surface area (Å²) < 4.78 is 10.6. The number of benzene rings is 1. The Kier molecular flexibility index (Phi) is 2.42. The van der Waals surface area contributed by atoms with E-state index in [0.717, 1.165) is 0 Å². The highest BCUT2D eigenvalue weighted by molar-refractivity contribution is 5.50. The maximum absolute atomic E-state index is 10.5. The molecular formula is C9H9N2O4-. The molecule has 1 aromatic rings. The van der Waals surface area contributed by atoms with Crippen LogP contribution in [0.3, 0.4) is 0 Å². The standard InChI is InChI=1S/C9H9N2O4/c10-4-3-9-14-7-2-1-6(11(12)13)5-8(7)15-9/h1-2,5,9-10H,3-4H2/q-1. The first kappa shape index (κ1) is 9.72. The molecule has 6 heteroatoms. The first-order valence-corrected chi connectivity index (χ1v) is 4.47. The predicted octanol–water partition coefficient (Wildman–Crippen LogP) is 2.13. The number of hydrogen-bond acceptors (Lipinski definition) is 4. The van der Waals surface area contributed by atoms with E-state index < -0.39 is 11.2 Å². The third-order valence-corrected chi connectivity index (χ3v) is 2.03. The van der Waals surface area contributed by atoms with Gasteiger partial charge in [-0.2, -0.15) is 0 Å². The highest BCUT2D eigenvalue weighted by Gasteiger charge is 2.24. The molecule has 0 radical (unpaired) electrons. The Labute approximate surface area is 85.7 Å². The lowest BCUT2D eigenvalue weighted by molar-refractivity contribution is -0.384. The summed E-state index contributed by atoms with van der Waals surface area (Å²) in [6.07, 6.45) is -0.0397. The number of nitro groups is 1. The van der Waals surface area contributed by atoms with Crippen LogP contribution in [0.15, 0.2) is 18.2 Å². The highest BCUT2D eigenvalue weighted by Crippen LogP contribution is 2.37. The SMILES string of the molecule is [NH-]CCC1Oc2ccc([N+](=O)[O-])cc2O1. The van der Waals surface area contributed by atoms with Crippen LogP contribution in [0.5, 0.6) is 11.5 Å². The minimum atomic E-state index is -0.487. The fraction of sp³-hybridized carbons (Fsp3) is 0.333. The second-order valence-corrected chi connectivity index (χ2v) is 3.09. The monoisotopic (exact) mass is 209 g/mol. The fourth-order valence-corrected chi connectivity index (χ4v) is 1.34. The number of fused-ring (bicyclic) bond motifs is 1. The van der Waals surface area contributed by atoms with Crippen molar-refractivity contribution in [1.29, 1.82) is 0 Å². The average molecular weight is 209 g/mol. The van der Waals surface area contributed by atoms with Gasteiger partial charge >= 0.3 is 0 Å². The van der Waals surface area contributed by atoms with E-state index in [9.17, 15) is 10.1 Å². The summed E-state index contributed by atoms with van der Waals surface area (Å²) >= 11 is 0. The molecule has 80 valence electrons. The number of nitro benzene ring substituents is 1. The van der Waals surface area contributed by atoms with Gasteiger partial charge in [0.05, 0.1) is 11.0 Å². The third kappa shape index (κ3) is 1.84. The molecular weight excluding hydrogens is 200 g/mol. The van der Waals surface area contributed by atoms with Crippen LogP contribution in [-0.4, -0.2) is 17.8 Å². The Bertz CT molecular complexity index is 394. The Morgan fingerprint density at radius 1 is 1.40 bits per heavy atom. The van der Waals surface area contributed by atoms with Gasteiger partial charge in [0.1, 0.15) is 0 Å². The molecule has 0 aromatic heterocycles. The molecule has 1 N–H and O–H groups in total. The number of nitrogens with one attached hydrogen (secondary N) is 1. The molecule has 0 bridgehead atoms. The van der Waals surface area contributed by atoms with Crippen LogP contribution in [0.1, 0.15) is 6.42 Å². The molecule has 1 aliphatic rings. The molecule has 0 saturated heterocycles. The van der Waals surface area contributed by atoms with Crippen molar-refractivity contribution in [2.75, 3.05) is 6.54 Å². The number of non-ortho nitro benzene ring substituents is 1. The van der Waals surface area contributed by atoms with Crippen molar-refractivity contribution in [3.8, 4) is 11.5 Å². The van der Waals surface area contributed by atoms with Crippen LogP contribution in [0.25, 0.3) is 5.73 Å². The largest absolute Gasteiger partial charge is 0.677 e. The van der Waals surface area contributed by atoms with Crippen molar-refractivity contribution >= 4 is 5.69 Å². The van der Waals surface area contributed by atoms with E-state index in [2.05, 4.69) is 0 Å². The zero-order valence-electron chi connectivity index (χ0n) is 7.80. The molecule has 1 aliphatic heterocycles. The normalized spacial score (nSPS) is 17.8. The molecule has 0 spiro atoms. The lowest BCUT2D eigenvalue weighted by Crippen LogP contribution is -2.18. The van der Waals surface area contributed by atoms with E-state index in [1.54, 1.807) is 0 Å². The van der Waals surface area contributed by atoms with Gasteiger partial charge in [0.15, 0.2) is 11.5 Å². The van der Waals surface area contributed by atoms with Crippen LogP contribution < -0.4 is 9.47 Å². The van der Waals surface area contributed by atoms with Crippen molar-refractivity contribution in [3.63, 3.8) is 0 Å². The first-order valence-electron chi connectivity index (χ1n) is 4.47. The molecule has 0 aliphatic carbocycles. The Morgan fingerprint density at radius 2 is 2.13 bits per heavy atom. The molecule has 0 fully saturated rings. The van der Waals surface area contributed by atoms with E-state index in [1.807, 2.05) is 0 Å². The lowest BCUT2D eigenvalue weighted by atomic mass is 10.3. The summed E-state index contributed by atoms with van der Waals surface area (Å²) in [5, 5.41) is 10.5. The number of hydrogen-bond donors (Lipinski definition) is 0. The van der Waals surface area contributed by atoms with Crippen LogP contribution in [0.4, 0.5) is 5.69 Å². The van der Waals surface area contributed by atoms with Crippen molar-refractivity contribution in [2.45, 2.75) is 12.7 Å². The van der Waals surface area contributed by atoms with Gasteiger partial charge in [-0.05, 0) is 6.07 Å². The van der Waals surface area contributed by atoms with E-state index in [4.69, 9.17) is 15.2 Å². The molecule has 1 heterocycles. The molecule has 1 unspecified atom stereocenters. The zero-order valence-corrected chi connectivity index (χ0v) is 7.80. The summed E-state index contributed by atoms with van der Waals surface area (Å²) in [4.78, 5) is 10.0. The Hall–Kier alpha value is -1.82. The zero-order chi connectivity index (χ0) is 10.8. The number of ether oxygens (including phenoxy) is 2. The smallest absolute Gasteiger partial charge is 0.273 e. The summed E-state index contributed by atoms with van der Waals surface area (Å²) in [6, 6.07) is 4.21. The van der Waals surface area contributed by atoms with Crippen molar-refractivity contribution < 1.29 is 14.4 Å². The molecule has 0 saturated carbocycles. The molecule has 6 nitrogen and oxygen atoms in total. The Balaban J connectivity index is 2.20. The molecule has 15 heavy (non-hydrogen) atoms. The van der Waals surface area contributed by atoms with Crippen LogP contribution in [0, 0.1) is 10.1 Å². The average Bonchev–Trinajstić information content (AvgIpc) is 2.59. The number of nitrogens with zero attached hydrogens (tertiary/aromatic N) is 1. The van der Waals surface area contributed by atoms with Crippen LogP contribution >= 0.6 is 0 Å². The van der Waals surface area contributed by atoms with Crippen molar-refractivity contribution in [3.05, 3.63) is 34.0 Å². The third-order valence-electron chi connectivity index (χ3n) is 2.03. The van der Waals surface area contributed by atoms with Gasteiger partial charge < -0.3 is 15.2 Å². The minimum Gasteiger partial charge on any atom is -0.677 e. The molecule has 1 aromatic carbocycles. The molecule has 0 amide bonds. The van der Waals surface area contributed by atoms with Gasteiger partial charge in [-0.1, -0.05) is 0 Å². The van der Waals surface area contributed by atoms with Crippen LogP contribution in [0.2, 0.25) is 0 Å². The van der Waals surface area contributed by atoms with Crippen molar-refractivity contribution in [1.82, 2.24) is 0 Å².